The summed E-state index contributed by atoms with van der Waals surface area (Å²) < 4.78 is 1.88. The quantitative estimate of drug-likeness (QED) is 0.778. The maximum Gasteiger partial charge on any atom is 0.222 e. The molecule has 1 saturated heterocycles. The normalized spacial score (nSPS) is 17.9. The monoisotopic (exact) mass is 337 g/mol. The van der Waals surface area contributed by atoms with E-state index in [0.29, 0.717) is 12.3 Å². The number of imidazole rings is 1. The van der Waals surface area contributed by atoms with Crippen LogP contribution in [-0.4, -0.2) is 43.6 Å². The van der Waals surface area contributed by atoms with Gasteiger partial charge >= 0.3 is 0 Å². The van der Waals surface area contributed by atoms with Gasteiger partial charge in [-0.05, 0) is 37.5 Å². The molecule has 0 bridgehead atoms. The first-order valence-corrected chi connectivity index (χ1v) is 8.99. The van der Waals surface area contributed by atoms with Crippen LogP contribution in [0.3, 0.4) is 0 Å². The molecule has 4 rings (SSSR count). The highest BCUT2D eigenvalue weighted by molar-refractivity contribution is 5.76. The van der Waals surface area contributed by atoms with Crippen LogP contribution in [0.4, 0.5) is 0 Å². The van der Waals surface area contributed by atoms with Crippen LogP contribution < -0.4 is 0 Å². The van der Waals surface area contributed by atoms with Crippen molar-refractivity contribution in [1.82, 2.24) is 24.6 Å². The highest BCUT2D eigenvalue weighted by Crippen LogP contribution is 2.27. The van der Waals surface area contributed by atoms with E-state index in [9.17, 15) is 4.79 Å². The molecular formula is C19H23N5O. The lowest BCUT2D eigenvalue weighted by Gasteiger charge is -2.32. The van der Waals surface area contributed by atoms with E-state index < -0.39 is 0 Å². The van der Waals surface area contributed by atoms with Gasteiger partial charge in [0.2, 0.25) is 5.91 Å². The van der Waals surface area contributed by atoms with Crippen molar-refractivity contribution in [2.45, 2.75) is 38.1 Å². The third kappa shape index (κ3) is 3.57. The average Bonchev–Trinajstić information content (AvgIpc) is 3.31. The van der Waals surface area contributed by atoms with Gasteiger partial charge in [-0.3, -0.25) is 9.48 Å². The van der Waals surface area contributed by atoms with Gasteiger partial charge in [-0.2, -0.15) is 5.10 Å². The van der Waals surface area contributed by atoms with E-state index in [-0.39, 0.29) is 5.91 Å². The molecule has 0 saturated carbocycles. The lowest BCUT2D eigenvalue weighted by atomic mass is 9.97. The summed E-state index contributed by atoms with van der Waals surface area (Å²) in [5.74, 6) is 1.56. The second-order valence-corrected chi connectivity index (χ2v) is 6.69. The van der Waals surface area contributed by atoms with E-state index in [0.717, 1.165) is 55.8 Å². The molecule has 3 aromatic rings. The van der Waals surface area contributed by atoms with Gasteiger partial charge in [-0.1, -0.05) is 12.1 Å². The number of piperidine rings is 1. The minimum atomic E-state index is 0.243. The maximum absolute atomic E-state index is 12.5. The number of nitrogens with one attached hydrogen (secondary N) is 1. The SMILES string of the molecule is O=C(CCCn1cccn1)N1CCCC(c2nc3ccccc3[nH]2)C1. The van der Waals surface area contributed by atoms with Crippen molar-refractivity contribution in [3.05, 3.63) is 48.5 Å². The number of rotatable bonds is 5. The Balaban J connectivity index is 1.36. The number of hydrogen-bond acceptors (Lipinski definition) is 3. The topological polar surface area (TPSA) is 66.8 Å². The molecule has 1 unspecified atom stereocenters. The second-order valence-electron chi connectivity index (χ2n) is 6.69. The number of para-hydroxylation sites is 2. The molecule has 0 radical (unpaired) electrons. The van der Waals surface area contributed by atoms with Crippen LogP contribution >= 0.6 is 0 Å². The van der Waals surface area contributed by atoms with E-state index in [4.69, 9.17) is 4.98 Å². The van der Waals surface area contributed by atoms with Gasteiger partial charge in [0.25, 0.3) is 0 Å². The number of aromatic amines is 1. The first-order valence-electron chi connectivity index (χ1n) is 8.99. The number of benzene rings is 1. The van der Waals surface area contributed by atoms with Crippen molar-refractivity contribution >= 4 is 16.9 Å². The van der Waals surface area contributed by atoms with Gasteiger partial charge in [-0.15, -0.1) is 0 Å². The van der Waals surface area contributed by atoms with Crippen LogP contribution in [0, 0.1) is 0 Å². The number of likely N-dealkylation sites (tertiary alicyclic amines) is 1. The highest BCUT2D eigenvalue weighted by atomic mass is 16.2. The van der Waals surface area contributed by atoms with Crippen molar-refractivity contribution in [3.8, 4) is 0 Å². The Morgan fingerprint density at radius 1 is 1.28 bits per heavy atom. The fourth-order valence-electron chi connectivity index (χ4n) is 3.58. The zero-order valence-electron chi connectivity index (χ0n) is 14.3. The molecule has 1 aliphatic rings. The Bertz CT molecular complexity index is 806. The van der Waals surface area contributed by atoms with Gasteiger partial charge in [-0.25, -0.2) is 4.98 Å². The molecule has 1 aromatic carbocycles. The molecule has 0 aliphatic carbocycles. The van der Waals surface area contributed by atoms with E-state index in [1.807, 2.05) is 46.1 Å². The Labute approximate surface area is 146 Å². The van der Waals surface area contributed by atoms with Gasteiger partial charge in [0.1, 0.15) is 5.82 Å². The predicted molar refractivity (Wildman–Crippen MR) is 96.1 cm³/mol. The molecule has 1 N–H and O–H groups in total. The van der Waals surface area contributed by atoms with Crippen LogP contribution in [-0.2, 0) is 11.3 Å². The maximum atomic E-state index is 12.5. The first kappa shape index (κ1) is 15.9. The summed E-state index contributed by atoms with van der Waals surface area (Å²) in [6.45, 7) is 2.41. The number of fused-ring (bicyclic) bond motifs is 1. The lowest BCUT2D eigenvalue weighted by molar-refractivity contribution is -0.132. The summed E-state index contributed by atoms with van der Waals surface area (Å²) >= 11 is 0. The molecule has 6 heteroatoms. The molecule has 3 heterocycles. The summed E-state index contributed by atoms with van der Waals surface area (Å²) in [4.78, 5) is 22.7. The van der Waals surface area contributed by atoms with Crippen molar-refractivity contribution in [1.29, 1.82) is 0 Å². The molecule has 1 amide bonds. The minimum Gasteiger partial charge on any atom is -0.342 e. The first-order chi connectivity index (χ1) is 12.3. The lowest BCUT2D eigenvalue weighted by Crippen LogP contribution is -2.39. The third-order valence-corrected chi connectivity index (χ3v) is 4.91. The van der Waals surface area contributed by atoms with Crippen LogP contribution in [0.1, 0.15) is 37.4 Å². The van der Waals surface area contributed by atoms with Gasteiger partial charge in [0.15, 0.2) is 0 Å². The number of aryl methyl sites for hydroxylation is 1. The fourth-order valence-corrected chi connectivity index (χ4v) is 3.58. The number of carbonyl (C=O) groups excluding carboxylic acids is 1. The summed E-state index contributed by atoms with van der Waals surface area (Å²) in [6.07, 6.45) is 7.22. The van der Waals surface area contributed by atoms with Gasteiger partial charge in [0.05, 0.1) is 11.0 Å². The van der Waals surface area contributed by atoms with Crippen LogP contribution in [0.25, 0.3) is 11.0 Å². The number of nitrogens with zero attached hydrogens (tertiary/aromatic N) is 4. The number of amides is 1. The van der Waals surface area contributed by atoms with Gasteiger partial charge in [0, 0.05) is 44.4 Å². The van der Waals surface area contributed by atoms with Crippen molar-refractivity contribution in [2.24, 2.45) is 0 Å². The van der Waals surface area contributed by atoms with E-state index in [1.165, 1.54) is 0 Å². The second kappa shape index (κ2) is 7.09. The molecule has 6 nitrogen and oxygen atoms in total. The Morgan fingerprint density at radius 2 is 2.20 bits per heavy atom. The standard InChI is InChI=1S/C19H23N5O/c25-18(9-4-12-24-13-5-10-20-24)23-11-3-6-15(14-23)19-21-16-7-1-2-8-17(16)22-19/h1-2,5,7-8,10,13,15H,3-4,6,9,11-12,14H2,(H,21,22). The summed E-state index contributed by atoms with van der Waals surface area (Å²) in [5, 5.41) is 4.18. The zero-order chi connectivity index (χ0) is 17.1. The van der Waals surface area contributed by atoms with E-state index in [2.05, 4.69) is 10.1 Å². The molecular weight excluding hydrogens is 314 g/mol. The fraction of sp³-hybridized carbons (Fsp3) is 0.421. The van der Waals surface area contributed by atoms with Crippen molar-refractivity contribution < 1.29 is 4.79 Å². The Morgan fingerprint density at radius 3 is 3.04 bits per heavy atom. The minimum absolute atomic E-state index is 0.243. The molecule has 1 atom stereocenters. The summed E-state index contributed by atoms with van der Waals surface area (Å²) in [6, 6.07) is 10.00. The Kier molecular flexibility index (Phi) is 4.50. The van der Waals surface area contributed by atoms with Crippen molar-refractivity contribution in [3.63, 3.8) is 0 Å². The van der Waals surface area contributed by atoms with Crippen LogP contribution in [0.5, 0.6) is 0 Å². The molecule has 130 valence electrons. The largest absolute Gasteiger partial charge is 0.342 e. The zero-order valence-corrected chi connectivity index (χ0v) is 14.3. The van der Waals surface area contributed by atoms with E-state index in [1.54, 1.807) is 6.20 Å². The van der Waals surface area contributed by atoms with Crippen molar-refractivity contribution in [2.75, 3.05) is 13.1 Å². The summed E-state index contributed by atoms with van der Waals surface area (Å²) in [7, 11) is 0. The third-order valence-electron chi connectivity index (χ3n) is 4.91. The highest BCUT2D eigenvalue weighted by Gasteiger charge is 2.26. The average molecular weight is 337 g/mol. The molecule has 1 fully saturated rings. The van der Waals surface area contributed by atoms with Crippen LogP contribution in [0.15, 0.2) is 42.7 Å². The molecule has 1 aliphatic heterocycles. The molecule has 2 aromatic heterocycles. The molecule has 0 spiro atoms. The van der Waals surface area contributed by atoms with Crippen LogP contribution in [0.2, 0.25) is 0 Å². The number of aromatic nitrogens is 4. The number of hydrogen-bond donors (Lipinski definition) is 1. The number of carbonyl (C=O) groups is 1. The summed E-state index contributed by atoms with van der Waals surface area (Å²) in [5.41, 5.74) is 2.07. The van der Waals surface area contributed by atoms with Gasteiger partial charge < -0.3 is 9.88 Å². The number of H-pyrrole nitrogens is 1. The van der Waals surface area contributed by atoms with E-state index >= 15 is 0 Å². The smallest absolute Gasteiger partial charge is 0.222 e. The molecule has 25 heavy (non-hydrogen) atoms. The Hall–Kier alpha value is -2.63. The predicted octanol–water partition coefficient (Wildman–Crippen LogP) is 2.95.